The van der Waals surface area contributed by atoms with Crippen LogP contribution < -0.4 is 10.1 Å². The SMILES string of the molecule is CN=C(NCc1ccc(C#N)cc1)N(C)Cc1ccccc1OC.I. The molecule has 0 aliphatic rings. The quantitative estimate of drug-likeness (QED) is 0.431. The highest BCUT2D eigenvalue weighted by molar-refractivity contribution is 14.0. The number of ether oxygens (including phenoxy) is 1. The third kappa shape index (κ3) is 5.94. The monoisotopic (exact) mass is 450 g/mol. The maximum atomic E-state index is 8.84. The van der Waals surface area contributed by atoms with Crippen molar-refractivity contribution in [1.82, 2.24) is 10.2 Å². The zero-order valence-corrected chi connectivity index (χ0v) is 17.0. The molecule has 0 aliphatic heterocycles. The third-order valence-corrected chi connectivity index (χ3v) is 3.71. The van der Waals surface area contributed by atoms with Crippen molar-refractivity contribution in [3.8, 4) is 11.8 Å². The van der Waals surface area contributed by atoms with Crippen LogP contribution in [0.4, 0.5) is 0 Å². The fraction of sp³-hybridized carbons (Fsp3) is 0.263. The average molecular weight is 450 g/mol. The van der Waals surface area contributed by atoms with Crippen LogP contribution in [0.5, 0.6) is 5.75 Å². The van der Waals surface area contributed by atoms with Gasteiger partial charge in [-0.15, -0.1) is 24.0 Å². The van der Waals surface area contributed by atoms with Gasteiger partial charge in [-0.05, 0) is 23.8 Å². The van der Waals surface area contributed by atoms with Crippen molar-refractivity contribution in [2.75, 3.05) is 21.2 Å². The van der Waals surface area contributed by atoms with E-state index in [1.807, 2.05) is 60.5 Å². The summed E-state index contributed by atoms with van der Waals surface area (Å²) in [5.74, 6) is 1.66. The minimum absolute atomic E-state index is 0. The van der Waals surface area contributed by atoms with Gasteiger partial charge in [-0.25, -0.2) is 0 Å². The van der Waals surface area contributed by atoms with Gasteiger partial charge in [0.25, 0.3) is 0 Å². The Morgan fingerprint density at radius 1 is 1.20 bits per heavy atom. The summed E-state index contributed by atoms with van der Waals surface area (Å²) in [6.07, 6.45) is 0. The van der Waals surface area contributed by atoms with Crippen LogP contribution >= 0.6 is 24.0 Å². The van der Waals surface area contributed by atoms with Crippen LogP contribution in [0.2, 0.25) is 0 Å². The zero-order valence-electron chi connectivity index (χ0n) is 14.7. The first-order valence-corrected chi connectivity index (χ1v) is 7.70. The van der Waals surface area contributed by atoms with Gasteiger partial charge in [-0.3, -0.25) is 4.99 Å². The number of benzene rings is 2. The molecule has 0 amide bonds. The number of halogens is 1. The molecule has 132 valence electrons. The lowest BCUT2D eigenvalue weighted by molar-refractivity contribution is 0.396. The Balaban J connectivity index is 0.00000312. The number of rotatable bonds is 5. The standard InChI is InChI=1S/C19H22N4O.HI/c1-21-19(22-13-16-10-8-15(12-20)9-11-16)23(2)14-17-6-4-5-7-18(17)24-3;/h4-11H,13-14H2,1-3H3,(H,21,22);1H. The number of aliphatic imine (C=N–C) groups is 1. The highest BCUT2D eigenvalue weighted by Crippen LogP contribution is 2.18. The summed E-state index contributed by atoms with van der Waals surface area (Å²) in [5.41, 5.74) is 2.86. The molecule has 2 aromatic rings. The molecule has 0 unspecified atom stereocenters. The van der Waals surface area contributed by atoms with E-state index in [1.165, 1.54) is 0 Å². The van der Waals surface area contributed by atoms with Gasteiger partial charge in [0.2, 0.25) is 0 Å². The predicted molar refractivity (Wildman–Crippen MR) is 111 cm³/mol. The van der Waals surface area contributed by atoms with Crippen molar-refractivity contribution in [2.45, 2.75) is 13.1 Å². The largest absolute Gasteiger partial charge is 0.496 e. The molecule has 0 radical (unpaired) electrons. The summed E-state index contributed by atoms with van der Waals surface area (Å²) in [4.78, 5) is 6.37. The molecule has 0 aliphatic carbocycles. The first kappa shape index (κ1) is 20.8. The highest BCUT2D eigenvalue weighted by Gasteiger charge is 2.09. The van der Waals surface area contributed by atoms with E-state index >= 15 is 0 Å². The molecular weight excluding hydrogens is 427 g/mol. The molecule has 0 atom stereocenters. The van der Waals surface area contributed by atoms with Crippen LogP contribution in [0.1, 0.15) is 16.7 Å². The second-order valence-corrected chi connectivity index (χ2v) is 5.38. The Kier molecular flexibility index (Phi) is 8.78. The van der Waals surface area contributed by atoms with Gasteiger partial charge in [0, 0.05) is 32.7 Å². The number of guanidine groups is 1. The number of para-hydroxylation sites is 1. The molecule has 0 saturated carbocycles. The molecule has 0 spiro atoms. The van der Waals surface area contributed by atoms with Crippen molar-refractivity contribution in [1.29, 1.82) is 5.26 Å². The van der Waals surface area contributed by atoms with Crippen molar-refractivity contribution in [3.63, 3.8) is 0 Å². The van der Waals surface area contributed by atoms with E-state index in [0.717, 1.165) is 22.8 Å². The van der Waals surface area contributed by atoms with Crippen molar-refractivity contribution in [2.24, 2.45) is 4.99 Å². The van der Waals surface area contributed by atoms with Gasteiger partial charge in [-0.2, -0.15) is 5.26 Å². The maximum absolute atomic E-state index is 8.84. The smallest absolute Gasteiger partial charge is 0.193 e. The van der Waals surface area contributed by atoms with E-state index < -0.39 is 0 Å². The van der Waals surface area contributed by atoms with Crippen LogP contribution in [0.3, 0.4) is 0 Å². The summed E-state index contributed by atoms with van der Waals surface area (Å²) >= 11 is 0. The summed E-state index contributed by atoms with van der Waals surface area (Å²) < 4.78 is 5.40. The maximum Gasteiger partial charge on any atom is 0.193 e. The Bertz CT molecular complexity index is 738. The van der Waals surface area contributed by atoms with Gasteiger partial charge >= 0.3 is 0 Å². The number of nitriles is 1. The number of hydrogen-bond acceptors (Lipinski definition) is 3. The lowest BCUT2D eigenvalue weighted by Crippen LogP contribution is -2.38. The molecule has 0 fully saturated rings. The topological polar surface area (TPSA) is 60.7 Å². The number of nitrogens with one attached hydrogen (secondary N) is 1. The molecule has 2 rings (SSSR count). The molecule has 0 saturated heterocycles. The van der Waals surface area contributed by atoms with E-state index in [1.54, 1.807) is 14.2 Å². The van der Waals surface area contributed by atoms with Gasteiger partial charge < -0.3 is 15.0 Å². The minimum atomic E-state index is 0. The Morgan fingerprint density at radius 2 is 1.88 bits per heavy atom. The molecule has 25 heavy (non-hydrogen) atoms. The third-order valence-electron chi connectivity index (χ3n) is 3.71. The predicted octanol–water partition coefficient (Wildman–Crippen LogP) is 3.39. The van der Waals surface area contributed by atoms with Gasteiger partial charge in [0.1, 0.15) is 5.75 Å². The summed E-state index contributed by atoms with van der Waals surface area (Å²) in [5, 5.41) is 12.2. The van der Waals surface area contributed by atoms with Crippen LogP contribution in [-0.2, 0) is 13.1 Å². The number of hydrogen-bond donors (Lipinski definition) is 1. The van der Waals surface area contributed by atoms with Crippen LogP contribution in [0, 0.1) is 11.3 Å². The molecule has 0 heterocycles. The van der Waals surface area contributed by atoms with Gasteiger partial charge in [-0.1, -0.05) is 30.3 Å². The Labute approximate surface area is 166 Å². The fourth-order valence-electron chi connectivity index (χ4n) is 2.43. The molecule has 6 heteroatoms. The minimum Gasteiger partial charge on any atom is -0.496 e. The molecule has 0 bridgehead atoms. The second kappa shape index (κ2) is 10.6. The van der Waals surface area contributed by atoms with Crippen molar-refractivity contribution < 1.29 is 4.74 Å². The van der Waals surface area contributed by atoms with E-state index in [0.29, 0.717) is 18.7 Å². The molecule has 0 aromatic heterocycles. The average Bonchev–Trinajstić information content (AvgIpc) is 2.63. The summed E-state index contributed by atoms with van der Waals surface area (Å²) in [6.45, 7) is 1.34. The highest BCUT2D eigenvalue weighted by atomic mass is 127. The van der Waals surface area contributed by atoms with E-state index in [2.05, 4.69) is 16.4 Å². The number of methoxy groups -OCH3 is 1. The summed E-state index contributed by atoms with van der Waals surface area (Å²) in [7, 11) is 5.43. The zero-order chi connectivity index (χ0) is 17.4. The molecule has 2 aromatic carbocycles. The summed E-state index contributed by atoms with van der Waals surface area (Å²) in [6, 6.07) is 17.6. The number of nitrogens with zero attached hydrogens (tertiary/aromatic N) is 3. The van der Waals surface area contributed by atoms with Gasteiger partial charge in [0.05, 0.1) is 18.7 Å². The first-order chi connectivity index (χ1) is 11.7. The Hall–Kier alpha value is -2.27. The van der Waals surface area contributed by atoms with Crippen LogP contribution in [0.15, 0.2) is 53.5 Å². The van der Waals surface area contributed by atoms with Crippen molar-refractivity contribution >= 4 is 29.9 Å². The second-order valence-electron chi connectivity index (χ2n) is 5.38. The van der Waals surface area contributed by atoms with Gasteiger partial charge in [0.15, 0.2) is 5.96 Å². The lowest BCUT2D eigenvalue weighted by Gasteiger charge is -2.23. The lowest BCUT2D eigenvalue weighted by atomic mass is 10.1. The van der Waals surface area contributed by atoms with Crippen molar-refractivity contribution in [3.05, 3.63) is 65.2 Å². The Morgan fingerprint density at radius 3 is 2.48 bits per heavy atom. The molecular formula is C19H23IN4O. The normalized spacial score (nSPS) is 10.4. The molecule has 1 N–H and O–H groups in total. The van der Waals surface area contributed by atoms with Crippen LogP contribution in [0.25, 0.3) is 0 Å². The van der Waals surface area contributed by atoms with E-state index in [9.17, 15) is 0 Å². The van der Waals surface area contributed by atoms with E-state index in [-0.39, 0.29) is 24.0 Å². The molecule has 5 nitrogen and oxygen atoms in total. The van der Waals surface area contributed by atoms with Crippen LogP contribution in [-0.4, -0.2) is 32.1 Å². The first-order valence-electron chi connectivity index (χ1n) is 7.70. The fourth-order valence-corrected chi connectivity index (χ4v) is 2.43. The van der Waals surface area contributed by atoms with E-state index in [4.69, 9.17) is 10.00 Å².